The summed E-state index contributed by atoms with van der Waals surface area (Å²) in [7, 11) is 0. The maximum absolute atomic E-state index is 12.5. The Hall–Kier alpha value is -1.67. The molecular formula is C13H23N3O5. The predicted molar refractivity (Wildman–Crippen MR) is 74.2 cm³/mol. The third kappa shape index (κ3) is 4.15. The maximum atomic E-state index is 12.5. The van der Waals surface area contributed by atoms with Crippen molar-refractivity contribution in [3.05, 3.63) is 0 Å². The third-order valence-electron chi connectivity index (χ3n) is 3.58. The van der Waals surface area contributed by atoms with E-state index in [1.807, 2.05) is 0 Å². The number of amides is 2. The summed E-state index contributed by atoms with van der Waals surface area (Å²) >= 11 is 0. The summed E-state index contributed by atoms with van der Waals surface area (Å²) in [5, 5.41) is 20.5. The normalized spacial score (nSPS) is 21.2. The molecular weight excluding hydrogens is 278 g/mol. The van der Waals surface area contributed by atoms with Crippen LogP contribution in [0.3, 0.4) is 0 Å². The summed E-state index contributed by atoms with van der Waals surface area (Å²) in [6.07, 6.45) is 1.04. The molecule has 1 fully saturated rings. The number of aliphatic hydroxyl groups excluding tert-OH is 1. The first-order valence-corrected chi connectivity index (χ1v) is 6.99. The largest absolute Gasteiger partial charge is 0.480 e. The number of carboxylic acids is 1. The van der Waals surface area contributed by atoms with Gasteiger partial charge in [0.15, 0.2) is 0 Å². The smallest absolute Gasteiger partial charge is 0.326 e. The van der Waals surface area contributed by atoms with E-state index in [-0.39, 0.29) is 5.92 Å². The van der Waals surface area contributed by atoms with E-state index in [0.717, 1.165) is 0 Å². The maximum Gasteiger partial charge on any atom is 0.326 e. The molecule has 8 nitrogen and oxygen atoms in total. The number of carbonyl (C=O) groups excluding carboxylic acids is 2. The third-order valence-corrected chi connectivity index (χ3v) is 3.58. The minimum absolute atomic E-state index is 0.220. The van der Waals surface area contributed by atoms with Crippen LogP contribution in [0.5, 0.6) is 0 Å². The van der Waals surface area contributed by atoms with E-state index in [4.69, 9.17) is 15.9 Å². The van der Waals surface area contributed by atoms with E-state index < -0.39 is 42.5 Å². The molecule has 3 atom stereocenters. The number of aliphatic hydroxyl groups is 1. The van der Waals surface area contributed by atoms with Gasteiger partial charge in [-0.25, -0.2) is 4.79 Å². The summed E-state index contributed by atoms with van der Waals surface area (Å²) in [5.74, 6) is -2.31. The fourth-order valence-corrected chi connectivity index (χ4v) is 2.32. The van der Waals surface area contributed by atoms with Crippen LogP contribution in [0.2, 0.25) is 0 Å². The average molecular weight is 301 g/mol. The van der Waals surface area contributed by atoms with Gasteiger partial charge in [-0.1, -0.05) is 13.8 Å². The van der Waals surface area contributed by atoms with E-state index >= 15 is 0 Å². The Kier molecular flexibility index (Phi) is 6.10. The number of nitrogens with two attached hydrogens (primary N) is 1. The van der Waals surface area contributed by atoms with Crippen molar-refractivity contribution >= 4 is 17.8 Å². The predicted octanol–water partition coefficient (Wildman–Crippen LogP) is -1.48. The van der Waals surface area contributed by atoms with E-state index in [1.165, 1.54) is 4.90 Å². The van der Waals surface area contributed by atoms with Crippen LogP contribution >= 0.6 is 0 Å². The van der Waals surface area contributed by atoms with Crippen molar-refractivity contribution in [3.8, 4) is 0 Å². The van der Waals surface area contributed by atoms with Gasteiger partial charge in [-0.15, -0.1) is 0 Å². The number of carbonyl (C=O) groups is 3. The molecule has 8 heteroatoms. The van der Waals surface area contributed by atoms with Crippen molar-refractivity contribution in [3.63, 3.8) is 0 Å². The molecule has 2 amide bonds. The highest BCUT2D eigenvalue weighted by Crippen LogP contribution is 2.20. The van der Waals surface area contributed by atoms with E-state index in [2.05, 4.69) is 5.32 Å². The van der Waals surface area contributed by atoms with Crippen LogP contribution in [-0.4, -0.2) is 64.2 Å². The highest BCUT2D eigenvalue weighted by Gasteiger charge is 2.38. The van der Waals surface area contributed by atoms with Gasteiger partial charge in [0.1, 0.15) is 18.1 Å². The van der Waals surface area contributed by atoms with E-state index in [0.29, 0.717) is 19.4 Å². The summed E-state index contributed by atoms with van der Waals surface area (Å²) < 4.78 is 0. The van der Waals surface area contributed by atoms with Gasteiger partial charge in [0, 0.05) is 6.54 Å². The van der Waals surface area contributed by atoms with Gasteiger partial charge in [-0.2, -0.15) is 0 Å². The van der Waals surface area contributed by atoms with Gasteiger partial charge in [-0.05, 0) is 18.8 Å². The molecule has 0 aromatic rings. The number of nitrogens with zero attached hydrogens (tertiary/aromatic N) is 1. The summed E-state index contributed by atoms with van der Waals surface area (Å²) in [6, 6.07) is -2.80. The molecule has 1 aliphatic rings. The second-order valence-corrected chi connectivity index (χ2v) is 5.55. The first-order chi connectivity index (χ1) is 9.79. The molecule has 120 valence electrons. The van der Waals surface area contributed by atoms with Crippen molar-refractivity contribution in [2.75, 3.05) is 13.2 Å². The summed E-state index contributed by atoms with van der Waals surface area (Å²) in [5.41, 5.74) is 5.41. The topological polar surface area (TPSA) is 133 Å². The summed E-state index contributed by atoms with van der Waals surface area (Å²) in [4.78, 5) is 36.7. The fraction of sp³-hybridized carbons (Fsp3) is 0.769. The molecule has 1 aliphatic heterocycles. The lowest BCUT2D eigenvalue weighted by molar-refractivity contribution is -0.150. The van der Waals surface area contributed by atoms with E-state index in [9.17, 15) is 14.4 Å². The molecule has 21 heavy (non-hydrogen) atoms. The molecule has 1 rings (SSSR count). The molecule has 0 radical (unpaired) electrons. The zero-order valence-electron chi connectivity index (χ0n) is 12.3. The second kappa shape index (κ2) is 7.37. The zero-order chi connectivity index (χ0) is 16.2. The van der Waals surface area contributed by atoms with Crippen LogP contribution in [0.1, 0.15) is 26.7 Å². The highest BCUT2D eigenvalue weighted by molar-refractivity contribution is 5.92. The number of hydrogen-bond donors (Lipinski definition) is 4. The molecule has 1 heterocycles. The quantitative estimate of drug-likeness (QED) is 0.473. The second-order valence-electron chi connectivity index (χ2n) is 5.55. The van der Waals surface area contributed by atoms with Gasteiger partial charge >= 0.3 is 5.97 Å². The van der Waals surface area contributed by atoms with Gasteiger partial charge in [0.25, 0.3) is 0 Å². The lowest BCUT2D eigenvalue weighted by Crippen LogP contribution is -2.56. The molecule has 0 bridgehead atoms. The van der Waals surface area contributed by atoms with Gasteiger partial charge in [-0.3, -0.25) is 9.59 Å². The SMILES string of the molecule is CC(C)C(NC(=O)C(N)CO)C(=O)N1CCCC1C(=O)O. The Morgan fingerprint density at radius 1 is 1.38 bits per heavy atom. The molecule has 3 unspecified atom stereocenters. The lowest BCUT2D eigenvalue weighted by atomic mass is 10.0. The van der Waals surface area contributed by atoms with Crippen LogP contribution in [0.4, 0.5) is 0 Å². The average Bonchev–Trinajstić information content (AvgIpc) is 2.91. The number of aliphatic carboxylic acids is 1. The fourth-order valence-electron chi connectivity index (χ4n) is 2.32. The van der Waals surface area contributed by atoms with Gasteiger partial charge in [0.05, 0.1) is 6.61 Å². The standard InChI is InChI=1S/C13H23N3O5/c1-7(2)10(15-11(18)8(14)6-17)12(19)16-5-3-4-9(16)13(20)21/h7-10,17H,3-6,14H2,1-2H3,(H,15,18)(H,20,21). The minimum Gasteiger partial charge on any atom is -0.480 e. The highest BCUT2D eigenvalue weighted by atomic mass is 16.4. The van der Waals surface area contributed by atoms with Crippen molar-refractivity contribution in [1.82, 2.24) is 10.2 Å². The first kappa shape index (κ1) is 17.4. The molecule has 0 spiro atoms. The van der Waals surface area contributed by atoms with Crippen LogP contribution in [-0.2, 0) is 14.4 Å². The van der Waals surface area contributed by atoms with Crippen molar-refractivity contribution in [2.24, 2.45) is 11.7 Å². The molecule has 0 saturated carbocycles. The number of likely N-dealkylation sites (tertiary alicyclic amines) is 1. The summed E-state index contributed by atoms with van der Waals surface area (Å²) in [6.45, 7) is 3.34. The van der Waals surface area contributed by atoms with Crippen molar-refractivity contribution in [1.29, 1.82) is 0 Å². The molecule has 0 aliphatic carbocycles. The number of hydrogen-bond acceptors (Lipinski definition) is 5. The van der Waals surface area contributed by atoms with Crippen molar-refractivity contribution in [2.45, 2.75) is 44.8 Å². The molecule has 5 N–H and O–H groups in total. The number of nitrogens with one attached hydrogen (secondary N) is 1. The Balaban J connectivity index is 2.83. The number of carboxylic acid groups (broad SMARTS) is 1. The molecule has 0 aromatic carbocycles. The monoisotopic (exact) mass is 301 g/mol. The van der Waals surface area contributed by atoms with Crippen LogP contribution in [0.15, 0.2) is 0 Å². The van der Waals surface area contributed by atoms with Crippen molar-refractivity contribution < 1.29 is 24.6 Å². The van der Waals surface area contributed by atoms with Crippen LogP contribution < -0.4 is 11.1 Å². The molecule has 0 aromatic heterocycles. The van der Waals surface area contributed by atoms with Gasteiger partial charge in [0.2, 0.25) is 11.8 Å². The van der Waals surface area contributed by atoms with Crippen LogP contribution in [0.25, 0.3) is 0 Å². The Morgan fingerprint density at radius 3 is 2.48 bits per heavy atom. The minimum atomic E-state index is -1.10. The number of rotatable bonds is 6. The van der Waals surface area contributed by atoms with Gasteiger partial charge < -0.3 is 26.2 Å². The lowest BCUT2D eigenvalue weighted by Gasteiger charge is -2.29. The van der Waals surface area contributed by atoms with Crippen LogP contribution in [0, 0.1) is 5.92 Å². The first-order valence-electron chi connectivity index (χ1n) is 6.99. The molecule has 1 saturated heterocycles. The Labute approximate surface area is 123 Å². The Morgan fingerprint density at radius 2 is 2.00 bits per heavy atom. The van der Waals surface area contributed by atoms with E-state index in [1.54, 1.807) is 13.8 Å². The zero-order valence-corrected chi connectivity index (χ0v) is 12.3. The Bertz CT molecular complexity index is 413.